The van der Waals surface area contributed by atoms with Crippen molar-refractivity contribution in [1.29, 1.82) is 0 Å². The SMILES string of the molecule is COC[C@@H](C)Nc1ncc(-c2cc(C)no2)c(-c2ccoc2C)n1. The topological polar surface area (TPSA) is 86.2 Å². The normalized spacial score (nSPS) is 12.3. The van der Waals surface area contributed by atoms with Crippen LogP contribution >= 0.6 is 0 Å². The first-order valence-corrected chi connectivity index (χ1v) is 7.69. The molecule has 3 aromatic heterocycles. The molecule has 3 aromatic rings. The fourth-order valence-corrected chi connectivity index (χ4v) is 2.47. The predicted octanol–water partition coefficient (Wildman–Crippen LogP) is 3.46. The number of nitrogens with zero attached hydrogens (tertiary/aromatic N) is 3. The molecule has 0 saturated carbocycles. The number of ether oxygens (including phenoxy) is 1. The molecule has 7 nitrogen and oxygen atoms in total. The highest BCUT2D eigenvalue weighted by Gasteiger charge is 2.18. The minimum absolute atomic E-state index is 0.0895. The van der Waals surface area contributed by atoms with Gasteiger partial charge in [0.05, 0.1) is 29.8 Å². The number of methoxy groups -OCH3 is 1. The van der Waals surface area contributed by atoms with E-state index in [1.807, 2.05) is 32.9 Å². The highest BCUT2D eigenvalue weighted by atomic mass is 16.5. The van der Waals surface area contributed by atoms with E-state index in [1.165, 1.54) is 0 Å². The largest absolute Gasteiger partial charge is 0.469 e. The van der Waals surface area contributed by atoms with Crippen molar-refractivity contribution in [2.45, 2.75) is 26.8 Å². The summed E-state index contributed by atoms with van der Waals surface area (Å²) in [6.07, 6.45) is 3.37. The van der Waals surface area contributed by atoms with Gasteiger partial charge in [0.25, 0.3) is 0 Å². The van der Waals surface area contributed by atoms with Gasteiger partial charge in [-0.25, -0.2) is 9.97 Å². The zero-order valence-electron chi connectivity index (χ0n) is 14.2. The van der Waals surface area contributed by atoms with Crippen LogP contribution in [0.5, 0.6) is 0 Å². The maximum absolute atomic E-state index is 5.43. The van der Waals surface area contributed by atoms with Crippen LogP contribution in [-0.2, 0) is 4.74 Å². The maximum Gasteiger partial charge on any atom is 0.223 e. The van der Waals surface area contributed by atoms with Gasteiger partial charge in [-0.1, -0.05) is 5.16 Å². The summed E-state index contributed by atoms with van der Waals surface area (Å²) in [4.78, 5) is 9.05. The van der Waals surface area contributed by atoms with Crippen LogP contribution in [0.1, 0.15) is 18.4 Å². The van der Waals surface area contributed by atoms with E-state index in [0.717, 1.165) is 28.3 Å². The standard InChI is InChI=1S/C17H20N4O3/c1-10-7-15(24-21-10)14-8-18-17(19-11(2)9-22-4)20-16(14)13-5-6-23-12(13)3/h5-8,11H,9H2,1-4H3,(H,18,19,20)/t11-/m1/s1. The van der Waals surface area contributed by atoms with E-state index in [1.54, 1.807) is 19.6 Å². The molecule has 0 bridgehead atoms. The molecule has 126 valence electrons. The van der Waals surface area contributed by atoms with E-state index in [0.29, 0.717) is 18.3 Å². The molecule has 0 radical (unpaired) electrons. The minimum Gasteiger partial charge on any atom is -0.469 e. The van der Waals surface area contributed by atoms with Crippen molar-refractivity contribution in [3.05, 3.63) is 36.0 Å². The highest BCUT2D eigenvalue weighted by molar-refractivity contribution is 5.79. The molecular weight excluding hydrogens is 308 g/mol. The summed E-state index contributed by atoms with van der Waals surface area (Å²) in [6.45, 7) is 6.34. The zero-order valence-corrected chi connectivity index (χ0v) is 14.2. The van der Waals surface area contributed by atoms with Crippen molar-refractivity contribution in [2.75, 3.05) is 19.0 Å². The van der Waals surface area contributed by atoms with Crippen LogP contribution in [0.4, 0.5) is 5.95 Å². The Morgan fingerprint density at radius 1 is 1.29 bits per heavy atom. The Kier molecular flexibility index (Phi) is 4.61. The molecule has 3 rings (SSSR count). The van der Waals surface area contributed by atoms with Gasteiger partial charge in [0.1, 0.15) is 5.76 Å². The van der Waals surface area contributed by atoms with Gasteiger partial charge in [0.2, 0.25) is 5.95 Å². The molecule has 1 N–H and O–H groups in total. The molecule has 0 aliphatic carbocycles. The second-order valence-corrected chi connectivity index (χ2v) is 5.68. The third kappa shape index (κ3) is 3.30. The lowest BCUT2D eigenvalue weighted by Gasteiger charge is -2.14. The Bertz CT molecular complexity index is 825. The second kappa shape index (κ2) is 6.84. The first-order chi connectivity index (χ1) is 11.6. The molecule has 0 aliphatic rings. The van der Waals surface area contributed by atoms with Crippen LogP contribution in [0.2, 0.25) is 0 Å². The van der Waals surface area contributed by atoms with Gasteiger partial charge in [-0.05, 0) is 26.8 Å². The number of aromatic nitrogens is 3. The summed E-state index contributed by atoms with van der Waals surface area (Å²) in [6, 6.07) is 3.83. The Morgan fingerprint density at radius 2 is 2.12 bits per heavy atom. The van der Waals surface area contributed by atoms with Crippen molar-refractivity contribution in [3.63, 3.8) is 0 Å². The Labute approximate surface area is 140 Å². The summed E-state index contributed by atoms with van der Waals surface area (Å²) in [7, 11) is 1.66. The minimum atomic E-state index is 0.0895. The number of rotatable bonds is 6. The molecule has 3 heterocycles. The van der Waals surface area contributed by atoms with E-state index in [2.05, 4.69) is 20.4 Å². The number of anilines is 1. The maximum atomic E-state index is 5.43. The van der Waals surface area contributed by atoms with Gasteiger partial charge in [-0.15, -0.1) is 0 Å². The van der Waals surface area contributed by atoms with E-state index < -0.39 is 0 Å². The van der Waals surface area contributed by atoms with Gasteiger partial charge < -0.3 is 19.0 Å². The summed E-state index contributed by atoms with van der Waals surface area (Å²) < 4.78 is 16.0. The highest BCUT2D eigenvalue weighted by Crippen LogP contribution is 2.33. The van der Waals surface area contributed by atoms with E-state index in [4.69, 9.17) is 13.7 Å². The van der Waals surface area contributed by atoms with Crippen molar-refractivity contribution >= 4 is 5.95 Å². The molecule has 0 fully saturated rings. The van der Waals surface area contributed by atoms with Crippen molar-refractivity contribution in [1.82, 2.24) is 15.1 Å². The number of hydrogen-bond donors (Lipinski definition) is 1. The van der Waals surface area contributed by atoms with Crippen molar-refractivity contribution in [2.24, 2.45) is 0 Å². The number of nitrogens with one attached hydrogen (secondary N) is 1. The second-order valence-electron chi connectivity index (χ2n) is 5.68. The van der Waals surface area contributed by atoms with Gasteiger partial charge in [0.15, 0.2) is 5.76 Å². The van der Waals surface area contributed by atoms with Gasteiger partial charge in [0, 0.05) is 31.0 Å². The van der Waals surface area contributed by atoms with Crippen LogP contribution in [0.15, 0.2) is 33.5 Å². The summed E-state index contributed by atoms with van der Waals surface area (Å²) >= 11 is 0. The number of furan rings is 1. The molecule has 1 atom stereocenters. The van der Waals surface area contributed by atoms with Crippen molar-refractivity contribution in [3.8, 4) is 22.6 Å². The fourth-order valence-electron chi connectivity index (χ4n) is 2.47. The third-order valence-electron chi connectivity index (χ3n) is 3.59. The molecule has 24 heavy (non-hydrogen) atoms. The average Bonchev–Trinajstić information content (AvgIpc) is 3.16. The average molecular weight is 328 g/mol. The number of hydrogen-bond acceptors (Lipinski definition) is 7. The quantitative estimate of drug-likeness (QED) is 0.741. The lowest BCUT2D eigenvalue weighted by molar-refractivity contribution is 0.190. The Balaban J connectivity index is 2.05. The Hall–Kier alpha value is -2.67. The van der Waals surface area contributed by atoms with Gasteiger partial charge in [-0.3, -0.25) is 0 Å². The summed E-state index contributed by atoms with van der Waals surface area (Å²) in [5.74, 6) is 1.93. The zero-order chi connectivity index (χ0) is 17.1. The van der Waals surface area contributed by atoms with Crippen LogP contribution in [-0.4, -0.2) is 34.9 Å². The smallest absolute Gasteiger partial charge is 0.223 e. The molecule has 0 amide bonds. The summed E-state index contributed by atoms with van der Waals surface area (Å²) in [5, 5.41) is 7.17. The molecule has 0 unspecified atom stereocenters. The van der Waals surface area contributed by atoms with Gasteiger partial charge in [-0.2, -0.15) is 0 Å². The lowest BCUT2D eigenvalue weighted by atomic mass is 10.1. The third-order valence-corrected chi connectivity index (χ3v) is 3.59. The molecule has 0 spiro atoms. The van der Waals surface area contributed by atoms with Crippen LogP contribution in [0.25, 0.3) is 22.6 Å². The molecule has 0 saturated heterocycles. The molecular formula is C17H20N4O3. The molecule has 0 aromatic carbocycles. The first kappa shape index (κ1) is 16.2. The summed E-state index contributed by atoms with van der Waals surface area (Å²) in [5.41, 5.74) is 3.20. The van der Waals surface area contributed by atoms with Crippen LogP contribution in [0.3, 0.4) is 0 Å². The van der Waals surface area contributed by atoms with Crippen LogP contribution < -0.4 is 5.32 Å². The Morgan fingerprint density at radius 3 is 2.75 bits per heavy atom. The predicted molar refractivity (Wildman–Crippen MR) is 89.7 cm³/mol. The van der Waals surface area contributed by atoms with Crippen LogP contribution in [0, 0.1) is 13.8 Å². The van der Waals surface area contributed by atoms with E-state index in [-0.39, 0.29) is 6.04 Å². The molecule has 0 aliphatic heterocycles. The monoisotopic (exact) mass is 328 g/mol. The van der Waals surface area contributed by atoms with Gasteiger partial charge >= 0.3 is 0 Å². The van der Waals surface area contributed by atoms with E-state index in [9.17, 15) is 0 Å². The fraction of sp³-hybridized carbons (Fsp3) is 0.353. The van der Waals surface area contributed by atoms with Crippen molar-refractivity contribution < 1.29 is 13.7 Å². The number of aryl methyl sites for hydroxylation is 2. The van der Waals surface area contributed by atoms with E-state index >= 15 is 0 Å². The molecule has 7 heteroatoms. The lowest BCUT2D eigenvalue weighted by Crippen LogP contribution is -2.22. The first-order valence-electron chi connectivity index (χ1n) is 7.69.